The molecule has 0 bridgehead atoms. The first-order valence-electron chi connectivity index (χ1n) is 6.49. The lowest BCUT2D eigenvalue weighted by Gasteiger charge is -2.19. The van der Waals surface area contributed by atoms with Crippen LogP contribution in [0.5, 0.6) is 0 Å². The van der Waals surface area contributed by atoms with Gasteiger partial charge in [0.25, 0.3) is 0 Å². The van der Waals surface area contributed by atoms with Gasteiger partial charge >= 0.3 is 0 Å². The van der Waals surface area contributed by atoms with Crippen LogP contribution in [0.25, 0.3) is 0 Å². The summed E-state index contributed by atoms with van der Waals surface area (Å²) >= 11 is 0. The maximum Gasteiger partial charge on any atom is 0.127 e. The average Bonchev–Trinajstić information content (AvgIpc) is 3.16. The predicted octanol–water partition coefficient (Wildman–Crippen LogP) is 2.40. The third-order valence-corrected chi connectivity index (χ3v) is 3.32. The molecule has 1 aromatic rings. The highest BCUT2D eigenvalue weighted by Gasteiger charge is 2.26. The molecular formula is C14H21FN2. The molecule has 0 heterocycles. The van der Waals surface area contributed by atoms with Crippen LogP contribution in [0, 0.1) is 5.82 Å². The van der Waals surface area contributed by atoms with Crippen molar-refractivity contribution in [3.8, 4) is 0 Å². The fraction of sp³-hybridized carbons (Fsp3) is 0.571. The van der Waals surface area contributed by atoms with Crippen LogP contribution >= 0.6 is 0 Å². The highest BCUT2D eigenvalue weighted by Crippen LogP contribution is 2.25. The Kier molecular flexibility index (Phi) is 4.51. The van der Waals surface area contributed by atoms with Crippen molar-refractivity contribution in [1.29, 1.82) is 0 Å². The molecule has 0 saturated heterocycles. The molecule has 1 aliphatic rings. The number of hydrogen-bond donors (Lipinski definition) is 1. The number of benzene rings is 1. The zero-order valence-electron chi connectivity index (χ0n) is 10.5. The van der Waals surface area contributed by atoms with E-state index in [1.165, 1.54) is 18.9 Å². The topological polar surface area (TPSA) is 15.3 Å². The quantitative estimate of drug-likeness (QED) is 0.731. The molecule has 1 aliphatic carbocycles. The molecule has 0 unspecified atom stereocenters. The van der Waals surface area contributed by atoms with Gasteiger partial charge < -0.3 is 5.32 Å². The van der Waals surface area contributed by atoms with E-state index in [0.717, 1.165) is 31.2 Å². The van der Waals surface area contributed by atoms with Crippen molar-refractivity contribution >= 4 is 0 Å². The highest BCUT2D eigenvalue weighted by molar-refractivity contribution is 5.16. The SMILES string of the molecule is CCN(CCNCc1ccccc1F)C1CC1. The van der Waals surface area contributed by atoms with E-state index in [1.54, 1.807) is 6.07 Å². The van der Waals surface area contributed by atoms with E-state index >= 15 is 0 Å². The molecular weight excluding hydrogens is 215 g/mol. The third kappa shape index (κ3) is 3.79. The number of rotatable bonds is 7. The number of likely N-dealkylation sites (N-methyl/N-ethyl adjacent to an activating group) is 1. The summed E-state index contributed by atoms with van der Waals surface area (Å²) in [6, 6.07) is 7.77. The first-order valence-corrected chi connectivity index (χ1v) is 6.49. The fourth-order valence-electron chi connectivity index (χ4n) is 2.13. The number of hydrogen-bond acceptors (Lipinski definition) is 2. The first-order chi connectivity index (χ1) is 8.31. The zero-order valence-corrected chi connectivity index (χ0v) is 10.5. The van der Waals surface area contributed by atoms with Crippen LogP contribution in [0.3, 0.4) is 0 Å². The minimum absolute atomic E-state index is 0.116. The summed E-state index contributed by atoms with van der Waals surface area (Å²) in [6.45, 7) is 5.93. The van der Waals surface area contributed by atoms with Crippen LogP contribution in [0.1, 0.15) is 25.3 Å². The summed E-state index contributed by atoms with van der Waals surface area (Å²) in [5, 5.41) is 3.31. The number of halogens is 1. The van der Waals surface area contributed by atoms with Gasteiger partial charge in [0.05, 0.1) is 0 Å². The summed E-state index contributed by atoms with van der Waals surface area (Å²) in [5.74, 6) is -0.116. The number of nitrogens with one attached hydrogen (secondary N) is 1. The van der Waals surface area contributed by atoms with Crippen LogP contribution in [0.15, 0.2) is 24.3 Å². The largest absolute Gasteiger partial charge is 0.311 e. The fourth-order valence-corrected chi connectivity index (χ4v) is 2.13. The summed E-state index contributed by atoms with van der Waals surface area (Å²) in [7, 11) is 0. The van der Waals surface area contributed by atoms with Gasteiger partial charge in [0.15, 0.2) is 0 Å². The Bertz CT molecular complexity index is 350. The monoisotopic (exact) mass is 236 g/mol. The van der Waals surface area contributed by atoms with Crippen LogP contribution < -0.4 is 5.32 Å². The van der Waals surface area contributed by atoms with Crippen molar-refractivity contribution in [3.05, 3.63) is 35.6 Å². The Morgan fingerprint density at radius 1 is 1.35 bits per heavy atom. The maximum absolute atomic E-state index is 13.3. The van der Waals surface area contributed by atoms with Crippen LogP contribution in [-0.2, 0) is 6.54 Å². The van der Waals surface area contributed by atoms with Gasteiger partial charge in [0.1, 0.15) is 5.82 Å². The van der Waals surface area contributed by atoms with Crippen molar-refractivity contribution in [1.82, 2.24) is 10.2 Å². The van der Waals surface area contributed by atoms with Crippen molar-refractivity contribution < 1.29 is 4.39 Å². The van der Waals surface area contributed by atoms with Crippen molar-refractivity contribution in [3.63, 3.8) is 0 Å². The molecule has 0 atom stereocenters. The van der Waals surface area contributed by atoms with Gasteiger partial charge in [-0.25, -0.2) is 4.39 Å². The average molecular weight is 236 g/mol. The first kappa shape index (κ1) is 12.5. The molecule has 1 saturated carbocycles. The Labute approximate surface area is 103 Å². The van der Waals surface area contributed by atoms with Gasteiger partial charge in [-0.2, -0.15) is 0 Å². The molecule has 1 N–H and O–H groups in total. The van der Waals surface area contributed by atoms with Crippen molar-refractivity contribution in [2.75, 3.05) is 19.6 Å². The molecule has 2 nitrogen and oxygen atoms in total. The molecule has 0 aromatic heterocycles. The Balaban J connectivity index is 1.67. The minimum atomic E-state index is -0.116. The van der Waals surface area contributed by atoms with E-state index < -0.39 is 0 Å². The molecule has 0 spiro atoms. The van der Waals surface area contributed by atoms with Crippen LogP contribution in [-0.4, -0.2) is 30.6 Å². The summed E-state index contributed by atoms with van der Waals surface area (Å²) in [5.41, 5.74) is 0.752. The zero-order chi connectivity index (χ0) is 12.1. The lowest BCUT2D eigenvalue weighted by atomic mass is 10.2. The molecule has 0 aliphatic heterocycles. The molecule has 3 heteroatoms. The highest BCUT2D eigenvalue weighted by atomic mass is 19.1. The second-order valence-electron chi connectivity index (χ2n) is 4.63. The van der Waals surface area contributed by atoms with E-state index in [9.17, 15) is 4.39 Å². The molecule has 1 fully saturated rings. The van der Waals surface area contributed by atoms with E-state index in [1.807, 2.05) is 12.1 Å². The normalized spacial score (nSPS) is 15.5. The lowest BCUT2D eigenvalue weighted by molar-refractivity contribution is 0.276. The van der Waals surface area contributed by atoms with E-state index in [0.29, 0.717) is 6.54 Å². The smallest absolute Gasteiger partial charge is 0.127 e. The van der Waals surface area contributed by atoms with E-state index in [2.05, 4.69) is 17.1 Å². The molecule has 1 aromatic carbocycles. The maximum atomic E-state index is 13.3. The van der Waals surface area contributed by atoms with Crippen LogP contribution in [0.2, 0.25) is 0 Å². The Morgan fingerprint density at radius 2 is 2.12 bits per heavy atom. The lowest BCUT2D eigenvalue weighted by Crippen LogP contribution is -2.33. The Hall–Kier alpha value is -0.930. The number of nitrogens with zero attached hydrogens (tertiary/aromatic N) is 1. The Morgan fingerprint density at radius 3 is 2.76 bits per heavy atom. The van der Waals surface area contributed by atoms with Gasteiger partial charge in [-0.3, -0.25) is 4.90 Å². The summed E-state index contributed by atoms with van der Waals surface area (Å²) in [6.07, 6.45) is 2.70. The minimum Gasteiger partial charge on any atom is -0.311 e. The second-order valence-corrected chi connectivity index (χ2v) is 4.63. The van der Waals surface area contributed by atoms with Crippen LogP contribution in [0.4, 0.5) is 4.39 Å². The van der Waals surface area contributed by atoms with Crippen molar-refractivity contribution in [2.45, 2.75) is 32.4 Å². The molecule has 0 radical (unpaired) electrons. The van der Waals surface area contributed by atoms with Gasteiger partial charge in [-0.1, -0.05) is 25.1 Å². The van der Waals surface area contributed by atoms with Gasteiger partial charge in [0.2, 0.25) is 0 Å². The summed E-state index contributed by atoms with van der Waals surface area (Å²) in [4.78, 5) is 2.49. The second kappa shape index (κ2) is 6.12. The predicted molar refractivity (Wildman–Crippen MR) is 68.4 cm³/mol. The molecule has 94 valence electrons. The standard InChI is InChI=1S/C14H21FN2/c1-2-17(13-7-8-13)10-9-16-11-12-5-3-4-6-14(12)15/h3-6,13,16H,2,7-11H2,1H3. The van der Waals surface area contributed by atoms with Gasteiger partial charge in [-0.05, 0) is 25.5 Å². The third-order valence-electron chi connectivity index (χ3n) is 3.32. The molecule has 2 rings (SSSR count). The summed E-state index contributed by atoms with van der Waals surface area (Å²) < 4.78 is 13.3. The molecule has 17 heavy (non-hydrogen) atoms. The van der Waals surface area contributed by atoms with E-state index in [-0.39, 0.29) is 5.82 Å². The van der Waals surface area contributed by atoms with Crippen molar-refractivity contribution in [2.24, 2.45) is 0 Å². The van der Waals surface area contributed by atoms with Gasteiger partial charge in [0, 0.05) is 31.2 Å². The van der Waals surface area contributed by atoms with Gasteiger partial charge in [-0.15, -0.1) is 0 Å². The molecule has 0 amide bonds. The van der Waals surface area contributed by atoms with E-state index in [4.69, 9.17) is 0 Å².